The highest BCUT2D eigenvalue weighted by Gasteiger charge is 2.03. The van der Waals surface area contributed by atoms with Crippen molar-refractivity contribution >= 4 is 22.5 Å². The van der Waals surface area contributed by atoms with Crippen molar-refractivity contribution in [3.05, 3.63) is 29.7 Å². The van der Waals surface area contributed by atoms with Crippen LogP contribution in [-0.4, -0.2) is 42.1 Å². The van der Waals surface area contributed by atoms with Crippen molar-refractivity contribution < 1.29 is 4.74 Å². The summed E-state index contributed by atoms with van der Waals surface area (Å²) in [6, 6.07) is 5.67. The molecule has 0 N–H and O–H groups in total. The zero-order valence-corrected chi connectivity index (χ0v) is 11.3. The number of fused-ring (bicyclic) bond motifs is 1. The van der Waals surface area contributed by atoms with Crippen molar-refractivity contribution in [2.75, 3.05) is 27.2 Å². The molecular formula is C13H16ClN3O. The highest BCUT2D eigenvalue weighted by molar-refractivity contribution is 6.34. The summed E-state index contributed by atoms with van der Waals surface area (Å²) in [6.45, 7) is 1.71. The Hall–Kier alpha value is -1.39. The van der Waals surface area contributed by atoms with Gasteiger partial charge in [0.2, 0.25) is 0 Å². The maximum absolute atomic E-state index is 5.97. The van der Waals surface area contributed by atoms with E-state index >= 15 is 0 Å². The van der Waals surface area contributed by atoms with Crippen LogP contribution in [0.2, 0.25) is 5.15 Å². The lowest BCUT2D eigenvalue weighted by Crippen LogP contribution is -2.15. The van der Waals surface area contributed by atoms with Crippen molar-refractivity contribution in [1.29, 1.82) is 0 Å². The van der Waals surface area contributed by atoms with E-state index in [1.165, 1.54) is 6.33 Å². The van der Waals surface area contributed by atoms with Gasteiger partial charge < -0.3 is 9.64 Å². The van der Waals surface area contributed by atoms with Gasteiger partial charge in [-0.3, -0.25) is 0 Å². The maximum Gasteiger partial charge on any atom is 0.140 e. The molecule has 0 amide bonds. The summed E-state index contributed by atoms with van der Waals surface area (Å²) in [5.41, 5.74) is 0.806. The van der Waals surface area contributed by atoms with Crippen LogP contribution in [-0.2, 0) is 0 Å². The second-order valence-corrected chi connectivity index (χ2v) is 4.71. The van der Waals surface area contributed by atoms with E-state index < -0.39 is 0 Å². The quantitative estimate of drug-likeness (QED) is 0.615. The minimum atomic E-state index is 0.471. The highest BCUT2D eigenvalue weighted by Crippen LogP contribution is 2.23. The van der Waals surface area contributed by atoms with Crippen molar-refractivity contribution in [2.24, 2.45) is 0 Å². The van der Waals surface area contributed by atoms with E-state index in [1.807, 2.05) is 18.2 Å². The average Bonchev–Trinajstić information content (AvgIpc) is 2.35. The van der Waals surface area contributed by atoms with Gasteiger partial charge in [0.05, 0.1) is 12.1 Å². The van der Waals surface area contributed by atoms with Gasteiger partial charge in [-0.2, -0.15) is 0 Å². The molecule has 2 rings (SSSR count). The molecule has 0 aliphatic carbocycles. The SMILES string of the molecule is CN(C)CCCOc1ccc2c(Cl)ncnc2c1. The molecule has 96 valence electrons. The van der Waals surface area contributed by atoms with Crippen LogP contribution < -0.4 is 4.74 Å². The lowest BCUT2D eigenvalue weighted by molar-refractivity contribution is 0.282. The van der Waals surface area contributed by atoms with Gasteiger partial charge in [-0.05, 0) is 32.6 Å². The fraction of sp³-hybridized carbons (Fsp3) is 0.385. The van der Waals surface area contributed by atoms with E-state index in [2.05, 4.69) is 29.0 Å². The van der Waals surface area contributed by atoms with Crippen LogP contribution in [0.1, 0.15) is 6.42 Å². The van der Waals surface area contributed by atoms with E-state index in [-0.39, 0.29) is 0 Å². The Morgan fingerprint density at radius 2 is 2.11 bits per heavy atom. The number of hydrogen-bond donors (Lipinski definition) is 0. The van der Waals surface area contributed by atoms with Crippen LogP contribution in [0.5, 0.6) is 5.75 Å². The molecule has 1 aromatic heterocycles. The van der Waals surface area contributed by atoms with Gasteiger partial charge in [0.15, 0.2) is 0 Å². The Morgan fingerprint density at radius 1 is 1.28 bits per heavy atom. The van der Waals surface area contributed by atoms with Crippen molar-refractivity contribution in [1.82, 2.24) is 14.9 Å². The third-order valence-corrected chi connectivity index (χ3v) is 2.88. The summed E-state index contributed by atoms with van der Waals surface area (Å²) in [7, 11) is 4.10. The second-order valence-electron chi connectivity index (χ2n) is 4.35. The van der Waals surface area contributed by atoms with Crippen LogP contribution in [0.25, 0.3) is 10.9 Å². The molecule has 0 fully saturated rings. The number of ether oxygens (including phenoxy) is 1. The zero-order valence-electron chi connectivity index (χ0n) is 10.6. The molecule has 0 unspecified atom stereocenters. The number of hydrogen-bond acceptors (Lipinski definition) is 4. The van der Waals surface area contributed by atoms with E-state index in [1.54, 1.807) is 0 Å². The number of aromatic nitrogens is 2. The van der Waals surface area contributed by atoms with Gasteiger partial charge >= 0.3 is 0 Å². The Balaban J connectivity index is 2.02. The van der Waals surface area contributed by atoms with Crippen LogP contribution in [0, 0.1) is 0 Å². The minimum Gasteiger partial charge on any atom is -0.493 e. The first kappa shape index (κ1) is 13.1. The molecule has 0 aliphatic heterocycles. The van der Waals surface area contributed by atoms with Crippen LogP contribution >= 0.6 is 11.6 Å². The second kappa shape index (κ2) is 5.98. The Kier molecular flexibility index (Phi) is 4.33. The topological polar surface area (TPSA) is 38.2 Å². The van der Waals surface area contributed by atoms with Gasteiger partial charge in [0.25, 0.3) is 0 Å². The molecule has 0 bridgehead atoms. The minimum absolute atomic E-state index is 0.471. The lowest BCUT2D eigenvalue weighted by Gasteiger charge is -2.10. The Morgan fingerprint density at radius 3 is 2.89 bits per heavy atom. The molecule has 5 heteroatoms. The number of halogens is 1. The molecule has 0 radical (unpaired) electrons. The van der Waals surface area contributed by atoms with Gasteiger partial charge in [-0.1, -0.05) is 11.6 Å². The average molecular weight is 266 g/mol. The van der Waals surface area contributed by atoms with Crippen molar-refractivity contribution in [2.45, 2.75) is 6.42 Å². The summed E-state index contributed by atoms with van der Waals surface area (Å²) in [5, 5.41) is 1.32. The smallest absolute Gasteiger partial charge is 0.140 e. The molecule has 1 aromatic carbocycles. The monoisotopic (exact) mass is 265 g/mol. The lowest BCUT2D eigenvalue weighted by atomic mass is 10.2. The molecule has 0 saturated heterocycles. The normalized spacial score (nSPS) is 11.1. The predicted molar refractivity (Wildman–Crippen MR) is 73.2 cm³/mol. The summed E-state index contributed by atoms with van der Waals surface area (Å²) >= 11 is 5.97. The first-order valence-electron chi connectivity index (χ1n) is 5.84. The van der Waals surface area contributed by atoms with Gasteiger partial charge in [0.1, 0.15) is 17.2 Å². The molecular weight excluding hydrogens is 250 g/mol. The van der Waals surface area contributed by atoms with E-state index in [9.17, 15) is 0 Å². The molecule has 0 spiro atoms. The zero-order chi connectivity index (χ0) is 13.0. The van der Waals surface area contributed by atoms with Crippen molar-refractivity contribution in [3.63, 3.8) is 0 Å². The molecule has 2 aromatic rings. The molecule has 1 heterocycles. The maximum atomic E-state index is 5.97. The molecule has 0 saturated carbocycles. The summed E-state index contributed by atoms with van der Waals surface area (Å²) in [4.78, 5) is 10.3. The molecule has 18 heavy (non-hydrogen) atoms. The van der Waals surface area contributed by atoms with E-state index in [0.29, 0.717) is 11.8 Å². The van der Waals surface area contributed by atoms with Gasteiger partial charge in [0, 0.05) is 18.0 Å². The molecule has 4 nitrogen and oxygen atoms in total. The van der Waals surface area contributed by atoms with E-state index in [0.717, 1.165) is 29.6 Å². The van der Waals surface area contributed by atoms with Crippen LogP contribution in [0.15, 0.2) is 24.5 Å². The Labute approximate surface area is 112 Å². The number of benzene rings is 1. The summed E-state index contributed by atoms with van der Waals surface area (Å²) in [5.74, 6) is 0.816. The van der Waals surface area contributed by atoms with Gasteiger partial charge in [-0.15, -0.1) is 0 Å². The van der Waals surface area contributed by atoms with Crippen molar-refractivity contribution in [3.8, 4) is 5.75 Å². The fourth-order valence-electron chi connectivity index (χ4n) is 1.66. The fourth-order valence-corrected chi connectivity index (χ4v) is 1.87. The first-order valence-corrected chi connectivity index (χ1v) is 6.22. The van der Waals surface area contributed by atoms with Crippen LogP contribution in [0.3, 0.4) is 0 Å². The summed E-state index contributed by atoms with van der Waals surface area (Å²) < 4.78 is 5.67. The standard InChI is InChI=1S/C13H16ClN3O/c1-17(2)6-3-7-18-10-4-5-11-12(8-10)15-9-16-13(11)14/h4-5,8-9H,3,6-7H2,1-2H3. The number of nitrogens with zero attached hydrogens (tertiary/aromatic N) is 3. The molecule has 0 aliphatic rings. The van der Waals surface area contributed by atoms with Gasteiger partial charge in [-0.25, -0.2) is 9.97 Å². The largest absolute Gasteiger partial charge is 0.493 e. The van der Waals surface area contributed by atoms with Crippen LogP contribution in [0.4, 0.5) is 0 Å². The highest BCUT2D eigenvalue weighted by atomic mass is 35.5. The summed E-state index contributed by atoms with van der Waals surface area (Å²) in [6.07, 6.45) is 2.45. The molecule has 0 atom stereocenters. The predicted octanol–water partition coefficient (Wildman–Crippen LogP) is 2.61. The third-order valence-electron chi connectivity index (χ3n) is 2.58. The first-order chi connectivity index (χ1) is 8.66. The third kappa shape index (κ3) is 3.31. The Bertz CT molecular complexity index is 531. The number of rotatable bonds is 5. The van der Waals surface area contributed by atoms with E-state index in [4.69, 9.17) is 16.3 Å².